The minimum absolute atomic E-state index is 0.334. The van der Waals surface area contributed by atoms with Gasteiger partial charge in [0.2, 0.25) is 0 Å². The number of aliphatic hydroxyl groups excluding tert-OH is 1. The van der Waals surface area contributed by atoms with Gasteiger partial charge in [0.15, 0.2) is 34.7 Å². The maximum atomic E-state index is 12.5. The van der Waals surface area contributed by atoms with Crippen molar-refractivity contribution in [3.63, 3.8) is 0 Å². The fourth-order valence-corrected chi connectivity index (χ4v) is 3.84. The summed E-state index contributed by atoms with van der Waals surface area (Å²) in [6.07, 6.45) is -1.24. The van der Waals surface area contributed by atoms with E-state index in [2.05, 4.69) is 4.74 Å². The van der Waals surface area contributed by atoms with Gasteiger partial charge >= 0.3 is 17.9 Å². The Hall–Kier alpha value is -4.55. The van der Waals surface area contributed by atoms with Gasteiger partial charge in [-0.25, -0.2) is 14.4 Å². The maximum Gasteiger partial charge on any atom is 0.338 e. The first-order valence-corrected chi connectivity index (χ1v) is 11.2. The number of rotatable bonds is 7. The van der Waals surface area contributed by atoms with Gasteiger partial charge in [-0.2, -0.15) is 0 Å². The lowest BCUT2D eigenvalue weighted by atomic mass is 9.79. The zero-order valence-electron chi connectivity index (χ0n) is 20.1. The van der Waals surface area contributed by atoms with Crippen LogP contribution in [0.5, 0.6) is 23.0 Å². The molecule has 4 atom stereocenters. The first-order chi connectivity index (χ1) is 17.9. The first-order valence-electron chi connectivity index (χ1n) is 11.2. The van der Waals surface area contributed by atoms with E-state index in [-0.39, 0.29) is 11.5 Å². The number of carbonyl (C=O) groups is 3. The van der Waals surface area contributed by atoms with Gasteiger partial charge < -0.3 is 44.8 Å². The molecule has 0 heterocycles. The fraction of sp³-hybridized carbons (Fsp3) is 0.269. The number of aromatic hydroxyl groups is 4. The average Bonchev–Trinajstić information content (AvgIpc) is 2.87. The summed E-state index contributed by atoms with van der Waals surface area (Å²) in [4.78, 5) is 37.1. The van der Waals surface area contributed by atoms with Gasteiger partial charge in [0.1, 0.15) is 6.10 Å². The van der Waals surface area contributed by atoms with E-state index in [4.69, 9.17) is 9.47 Å². The highest BCUT2D eigenvalue weighted by Gasteiger charge is 2.52. The molecular formula is C26H26O12. The van der Waals surface area contributed by atoms with E-state index in [1.807, 2.05) is 0 Å². The lowest BCUT2D eigenvalue weighted by Gasteiger charge is -2.41. The number of hydrogen-bond donors (Lipinski definition) is 6. The molecule has 202 valence electrons. The summed E-state index contributed by atoms with van der Waals surface area (Å²) in [7, 11) is 1.03. The number of carbonyl (C=O) groups excluding carboxylic acids is 3. The van der Waals surface area contributed by atoms with Crippen molar-refractivity contribution in [2.45, 2.75) is 36.8 Å². The van der Waals surface area contributed by atoms with Gasteiger partial charge in [-0.1, -0.05) is 12.1 Å². The smallest absolute Gasteiger partial charge is 0.338 e. The van der Waals surface area contributed by atoms with Gasteiger partial charge in [-0.3, -0.25) is 0 Å². The number of phenolic OH excluding ortho intramolecular Hbond substituents is 4. The van der Waals surface area contributed by atoms with Crippen LogP contribution in [-0.4, -0.2) is 79.6 Å². The van der Waals surface area contributed by atoms with E-state index >= 15 is 0 Å². The Kier molecular flexibility index (Phi) is 8.61. The zero-order valence-corrected chi connectivity index (χ0v) is 20.1. The Balaban J connectivity index is 1.77. The van der Waals surface area contributed by atoms with Crippen molar-refractivity contribution in [1.29, 1.82) is 0 Å². The highest BCUT2D eigenvalue weighted by Crippen LogP contribution is 2.34. The van der Waals surface area contributed by atoms with Crippen molar-refractivity contribution >= 4 is 30.1 Å². The Morgan fingerprint density at radius 1 is 0.816 bits per heavy atom. The average molecular weight is 530 g/mol. The van der Waals surface area contributed by atoms with Crippen LogP contribution in [0.15, 0.2) is 48.6 Å². The van der Waals surface area contributed by atoms with E-state index in [0.29, 0.717) is 11.1 Å². The summed E-state index contributed by atoms with van der Waals surface area (Å²) in [5, 5.41) is 59.2. The minimum Gasteiger partial charge on any atom is -0.504 e. The molecule has 3 unspecified atom stereocenters. The minimum atomic E-state index is -2.23. The number of esters is 3. The fourth-order valence-electron chi connectivity index (χ4n) is 3.84. The van der Waals surface area contributed by atoms with Crippen LogP contribution < -0.4 is 0 Å². The molecule has 1 fully saturated rings. The van der Waals surface area contributed by atoms with Crippen molar-refractivity contribution in [2.24, 2.45) is 0 Å². The SMILES string of the molecule is COC(=O)[C@@]1(O)CC(O)C(OC(=O)/C=C/c2ccc(O)c(O)c2)C(OC(=O)/C=C/c2ccc(O)c(O)c2)C1. The number of benzene rings is 2. The van der Waals surface area contributed by atoms with Gasteiger partial charge in [-0.15, -0.1) is 0 Å². The summed E-state index contributed by atoms with van der Waals surface area (Å²) in [6.45, 7) is 0. The number of phenols is 4. The summed E-state index contributed by atoms with van der Waals surface area (Å²) in [6, 6.07) is 7.61. The second kappa shape index (κ2) is 11.7. The van der Waals surface area contributed by atoms with Gasteiger partial charge in [0.25, 0.3) is 0 Å². The second-order valence-electron chi connectivity index (χ2n) is 8.54. The molecule has 0 amide bonds. The summed E-state index contributed by atoms with van der Waals surface area (Å²) in [5.41, 5.74) is -1.55. The molecule has 0 aromatic heterocycles. The van der Waals surface area contributed by atoms with Crippen LogP contribution in [0.1, 0.15) is 24.0 Å². The molecule has 12 nitrogen and oxygen atoms in total. The Morgan fingerprint density at radius 2 is 1.32 bits per heavy atom. The van der Waals surface area contributed by atoms with Crippen molar-refractivity contribution in [2.75, 3.05) is 7.11 Å². The predicted molar refractivity (Wildman–Crippen MR) is 130 cm³/mol. The van der Waals surface area contributed by atoms with E-state index in [9.17, 15) is 45.0 Å². The number of aliphatic hydroxyl groups is 2. The molecular weight excluding hydrogens is 504 g/mol. The molecule has 2 aromatic carbocycles. The Bertz CT molecular complexity index is 1270. The van der Waals surface area contributed by atoms with E-state index < -0.39 is 66.2 Å². The quantitative estimate of drug-likeness (QED) is 0.129. The van der Waals surface area contributed by atoms with E-state index in [0.717, 1.165) is 19.3 Å². The predicted octanol–water partition coefficient (Wildman–Crippen LogP) is 1.12. The van der Waals surface area contributed by atoms with Gasteiger partial charge in [0, 0.05) is 25.0 Å². The van der Waals surface area contributed by atoms with Gasteiger partial charge in [-0.05, 0) is 47.5 Å². The van der Waals surface area contributed by atoms with Crippen molar-refractivity contribution in [3.05, 3.63) is 59.7 Å². The van der Waals surface area contributed by atoms with Crippen molar-refractivity contribution in [1.82, 2.24) is 0 Å². The topological polar surface area (TPSA) is 200 Å². The molecule has 1 aliphatic rings. The van der Waals surface area contributed by atoms with Crippen LogP contribution in [0, 0.1) is 0 Å². The van der Waals surface area contributed by atoms with Crippen LogP contribution in [0.25, 0.3) is 12.2 Å². The molecule has 0 radical (unpaired) electrons. The molecule has 0 aliphatic heterocycles. The number of ether oxygens (including phenoxy) is 3. The third kappa shape index (κ3) is 6.81. The van der Waals surface area contributed by atoms with Crippen LogP contribution in [0.2, 0.25) is 0 Å². The molecule has 2 aromatic rings. The Labute approximate surface area is 216 Å². The standard InChI is InChI=1S/C26H26O12/c1-36-25(34)26(35)12-20(31)24(38-23(33)9-5-15-3-7-17(28)19(30)11-15)21(13-26)37-22(32)8-4-14-2-6-16(27)18(29)10-14/h2-11,20-21,24,27-31,35H,12-13H2,1H3/b8-4+,9-5+/t20?,21?,24?,26-/m1/s1. The van der Waals surface area contributed by atoms with Crippen LogP contribution in [-0.2, 0) is 28.6 Å². The number of methoxy groups -OCH3 is 1. The molecule has 6 N–H and O–H groups in total. The second-order valence-corrected chi connectivity index (χ2v) is 8.54. The largest absolute Gasteiger partial charge is 0.504 e. The monoisotopic (exact) mass is 530 g/mol. The van der Waals surface area contributed by atoms with Crippen molar-refractivity contribution in [3.8, 4) is 23.0 Å². The highest BCUT2D eigenvalue weighted by molar-refractivity contribution is 5.88. The van der Waals surface area contributed by atoms with Crippen LogP contribution in [0.4, 0.5) is 0 Å². The first kappa shape index (κ1) is 28.0. The van der Waals surface area contributed by atoms with E-state index in [1.165, 1.54) is 48.6 Å². The molecule has 38 heavy (non-hydrogen) atoms. The summed E-state index contributed by atoms with van der Waals surface area (Å²) in [5.74, 6) is -4.57. The molecule has 0 spiro atoms. The van der Waals surface area contributed by atoms with Crippen LogP contribution in [0.3, 0.4) is 0 Å². The molecule has 0 saturated heterocycles. The highest BCUT2D eigenvalue weighted by atomic mass is 16.6. The maximum absolute atomic E-state index is 12.5. The summed E-state index contributed by atoms with van der Waals surface area (Å²) >= 11 is 0. The molecule has 1 saturated carbocycles. The third-order valence-corrected chi connectivity index (χ3v) is 5.74. The molecule has 1 aliphatic carbocycles. The molecule has 0 bridgehead atoms. The van der Waals surface area contributed by atoms with Crippen molar-refractivity contribution < 1.29 is 59.2 Å². The molecule has 12 heteroatoms. The summed E-state index contributed by atoms with van der Waals surface area (Å²) < 4.78 is 15.2. The third-order valence-electron chi connectivity index (χ3n) is 5.74. The van der Waals surface area contributed by atoms with E-state index in [1.54, 1.807) is 0 Å². The Morgan fingerprint density at radius 3 is 1.79 bits per heavy atom. The van der Waals surface area contributed by atoms with Gasteiger partial charge in [0.05, 0.1) is 13.2 Å². The zero-order chi connectivity index (χ0) is 28.0. The lowest BCUT2D eigenvalue weighted by Crippen LogP contribution is -2.58. The van der Waals surface area contributed by atoms with Crippen LogP contribution >= 0.6 is 0 Å². The number of hydrogen-bond acceptors (Lipinski definition) is 12. The normalized spacial score (nSPS) is 23.3. The lowest BCUT2D eigenvalue weighted by molar-refractivity contribution is -0.206. The molecule has 3 rings (SSSR count).